The van der Waals surface area contributed by atoms with Crippen LogP contribution in [0.4, 0.5) is 0 Å². The number of ether oxygens (including phenoxy) is 2. The number of aryl methyl sites for hydroxylation is 1. The normalized spacial score (nSPS) is 18.7. The number of benzene rings is 1. The van der Waals surface area contributed by atoms with Gasteiger partial charge < -0.3 is 9.47 Å². The van der Waals surface area contributed by atoms with E-state index < -0.39 is 0 Å². The van der Waals surface area contributed by atoms with Crippen LogP contribution in [0.25, 0.3) is 0 Å². The standard InChI is InChI=1S/C20H30O2/c1-2-18(16-20-17-22-20)13-15-21-14-9-4-3-6-10-19-11-7-5-8-12-19/h3-5,7-8,11-12,18,20H,2,6,9-10,13-17H2,1H3/b4-3+. The molecule has 0 radical (unpaired) electrons. The molecule has 1 fully saturated rings. The summed E-state index contributed by atoms with van der Waals surface area (Å²) >= 11 is 0. The Kier molecular flexibility index (Phi) is 8.29. The van der Waals surface area contributed by atoms with Gasteiger partial charge in [-0.05, 0) is 43.6 Å². The first kappa shape index (κ1) is 17.2. The third-order valence-corrected chi connectivity index (χ3v) is 4.28. The summed E-state index contributed by atoms with van der Waals surface area (Å²) in [7, 11) is 0. The fraction of sp³-hybridized carbons (Fsp3) is 0.600. The summed E-state index contributed by atoms with van der Waals surface area (Å²) in [6.45, 7) is 4.98. The molecule has 0 aromatic heterocycles. The zero-order valence-electron chi connectivity index (χ0n) is 13.9. The molecule has 0 spiro atoms. The van der Waals surface area contributed by atoms with E-state index in [-0.39, 0.29) is 0 Å². The van der Waals surface area contributed by atoms with Crippen molar-refractivity contribution in [3.8, 4) is 0 Å². The monoisotopic (exact) mass is 302 g/mol. The van der Waals surface area contributed by atoms with Gasteiger partial charge in [-0.1, -0.05) is 55.8 Å². The Hall–Kier alpha value is -1.12. The van der Waals surface area contributed by atoms with Gasteiger partial charge in [0.1, 0.15) is 0 Å². The van der Waals surface area contributed by atoms with E-state index in [0.717, 1.165) is 45.0 Å². The second-order valence-electron chi connectivity index (χ2n) is 6.15. The lowest BCUT2D eigenvalue weighted by atomic mass is 9.97. The van der Waals surface area contributed by atoms with Crippen LogP contribution in [-0.2, 0) is 15.9 Å². The maximum absolute atomic E-state index is 5.74. The van der Waals surface area contributed by atoms with E-state index in [9.17, 15) is 0 Å². The van der Waals surface area contributed by atoms with Gasteiger partial charge in [-0.3, -0.25) is 0 Å². The van der Waals surface area contributed by atoms with Crippen LogP contribution >= 0.6 is 0 Å². The molecule has 1 aliphatic rings. The summed E-state index contributed by atoms with van der Waals surface area (Å²) in [5.74, 6) is 0.772. The Morgan fingerprint density at radius 2 is 1.95 bits per heavy atom. The largest absolute Gasteiger partial charge is 0.381 e. The summed E-state index contributed by atoms with van der Waals surface area (Å²) in [6.07, 6.45) is 12.0. The van der Waals surface area contributed by atoms with Crippen molar-refractivity contribution in [1.82, 2.24) is 0 Å². The molecule has 0 amide bonds. The molecule has 2 atom stereocenters. The zero-order chi connectivity index (χ0) is 15.5. The van der Waals surface area contributed by atoms with Crippen LogP contribution < -0.4 is 0 Å². The highest BCUT2D eigenvalue weighted by molar-refractivity contribution is 5.15. The Labute approximate surface area is 135 Å². The molecular formula is C20H30O2. The van der Waals surface area contributed by atoms with E-state index in [2.05, 4.69) is 49.4 Å². The Morgan fingerprint density at radius 1 is 1.18 bits per heavy atom. The molecule has 0 aliphatic carbocycles. The fourth-order valence-electron chi connectivity index (χ4n) is 2.70. The molecule has 1 aromatic rings. The predicted octanol–water partition coefficient (Wildman–Crippen LogP) is 4.79. The van der Waals surface area contributed by atoms with E-state index >= 15 is 0 Å². The maximum Gasteiger partial charge on any atom is 0.0812 e. The summed E-state index contributed by atoms with van der Waals surface area (Å²) < 4.78 is 11.0. The van der Waals surface area contributed by atoms with Crippen molar-refractivity contribution in [3.63, 3.8) is 0 Å². The Balaban J connectivity index is 1.42. The Bertz CT molecular complexity index is 409. The molecule has 1 aromatic carbocycles. The molecule has 122 valence electrons. The number of hydrogen-bond acceptors (Lipinski definition) is 2. The van der Waals surface area contributed by atoms with Gasteiger partial charge in [-0.2, -0.15) is 0 Å². The molecule has 2 heteroatoms. The van der Waals surface area contributed by atoms with Crippen LogP contribution in [0.1, 0.15) is 44.6 Å². The molecule has 1 saturated heterocycles. The summed E-state index contributed by atoms with van der Waals surface area (Å²) in [5.41, 5.74) is 1.41. The average Bonchev–Trinajstić information content (AvgIpc) is 3.37. The van der Waals surface area contributed by atoms with Crippen molar-refractivity contribution >= 4 is 0 Å². The van der Waals surface area contributed by atoms with Crippen LogP contribution in [0, 0.1) is 5.92 Å². The molecule has 0 saturated carbocycles. The van der Waals surface area contributed by atoms with Crippen LogP contribution in [0.15, 0.2) is 42.5 Å². The maximum atomic E-state index is 5.74. The number of hydrogen-bond donors (Lipinski definition) is 0. The second kappa shape index (κ2) is 10.6. The molecular weight excluding hydrogens is 272 g/mol. The van der Waals surface area contributed by atoms with E-state index in [0.29, 0.717) is 6.10 Å². The SMILES string of the molecule is CCC(CCOCC/C=C/CCc1ccccc1)CC1CO1. The minimum Gasteiger partial charge on any atom is -0.381 e. The predicted molar refractivity (Wildman–Crippen MR) is 92.1 cm³/mol. The summed E-state index contributed by atoms with van der Waals surface area (Å²) in [5, 5.41) is 0. The smallest absolute Gasteiger partial charge is 0.0812 e. The quantitative estimate of drug-likeness (QED) is 0.315. The summed E-state index contributed by atoms with van der Waals surface area (Å²) in [4.78, 5) is 0. The van der Waals surface area contributed by atoms with Crippen LogP contribution in [0.5, 0.6) is 0 Å². The van der Waals surface area contributed by atoms with E-state index in [1.165, 1.54) is 24.8 Å². The van der Waals surface area contributed by atoms with Gasteiger partial charge in [0.2, 0.25) is 0 Å². The molecule has 2 unspecified atom stereocenters. The van der Waals surface area contributed by atoms with Gasteiger partial charge in [-0.25, -0.2) is 0 Å². The molecule has 2 nitrogen and oxygen atoms in total. The molecule has 2 rings (SSSR count). The van der Waals surface area contributed by atoms with Crippen LogP contribution in [0.3, 0.4) is 0 Å². The zero-order valence-corrected chi connectivity index (χ0v) is 13.9. The first-order valence-corrected chi connectivity index (χ1v) is 8.76. The molecule has 22 heavy (non-hydrogen) atoms. The first-order valence-electron chi connectivity index (χ1n) is 8.76. The topological polar surface area (TPSA) is 21.8 Å². The van der Waals surface area contributed by atoms with Gasteiger partial charge in [0.05, 0.1) is 19.3 Å². The van der Waals surface area contributed by atoms with Crippen LogP contribution in [0.2, 0.25) is 0 Å². The van der Waals surface area contributed by atoms with Gasteiger partial charge in [0.25, 0.3) is 0 Å². The van der Waals surface area contributed by atoms with Crippen molar-refractivity contribution in [2.24, 2.45) is 5.92 Å². The Morgan fingerprint density at radius 3 is 2.68 bits per heavy atom. The average molecular weight is 302 g/mol. The number of rotatable bonds is 12. The fourth-order valence-corrected chi connectivity index (χ4v) is 2.70. The van der Waals surface area contributed by atoms with Crippen molar-refractivity contribution < 1.29 is 9.47 Å². The second-order valence-corrected chi connectivity index (χ2v) is 6.15. The lowest BCUT2D eigenvalue weighted by Gasteiger charge is -2.13. The highest BCUT2D eigenvalue weighted by Crippen LogP contribution is 2.23. The van der Waals surface area contributed by atoms with Crippen LogP contribution in [-0.4, -0.2) is 25.9 Å². The van der Waals surface area contributed by atoms with E-state index in [1.54, 1.807) is 0 Å². The van der Waals surface area contributed by atoms with Gasteiger partial charge in [0, 0.05) is 6.61 Å². The number of epoxide rings is 1. The van der Waals surface area contributed by atoms with Gasteiger partial charge in [-0.15, -0.1) is 0 Å². The third-order valence-electron chi connectivity index (χ3n) is 4.28. The van der Waals surface area contributed by atoms with E-state index in [1.807, 2.05) is 0 Å². The minimum absolute atomic E-state index is 0.553. The molecule has 0 bridgehead atoms. The molecule has 1 heterocycles. The molecule has 1 aliphatic heterocycles. The van der Waals surface area contributed by atoms with Crippen molar-refractivity contribution in [3.05, 3.63) is 48.0 Å². The highest BCUT2D eigenvalue weighted by atomic mass is 16.6. The number of allylic oxidation sites excluding steroid dienone is 1. The first-order chi connectivity index (χ1) is 10.9. The third kappa shape index (κ3) is 7.77. The highest BCUT2D eigenvalue weighted by Gasteiger charge is 2.25. The van der Waals surface area contributed by atoms with Crippen molar-refractivity contribution in [2.75, 3.05) is 19.8 Å². The lowest BCUT2D eigenvalue weighted by Crippen LogP contribution is -2.07. The van der Waals surface area contributed by atoms with Crippen molar-refractivity contribution in [2.45, 2.75) is 51.6 Å². The van der Waals surface area contributed by atoms with E-state index in [4.69, 9.17) is 9.47 Å². The minimum atomic E-state index is 0.553. The van der Waals surface area contributed by atoms with Gasteiger partial charge in [0.15, 0.2) is 0 Å². The summed E-state index contributed by atoms with van der Waals surface area (Å²) in [6, 6.07) is 10.6. The molecule has 0 N–H and O–H groups in total. The van der Waals surface area contributed by atoms with Crippen molar-refractivity contribution in [1.29, 1.82) is 0 Å². The van der Waals surface area contributed by atoms with Gasteiger partial charge >= 0.3 is 0 Å². The lowest BCUT2D eigenvalue weighted by molar-refractivity contribution is 0.120.